The summed E-state index contributed by atoms with van der Waals surface area (Å²) in [6.07, 6.45) is 0. The molecule has 0 aliphatic carbocycles. The first-order valence-electron chi connectivity index (χ1n) is 5.86. The number of nitro benzene ring substituents is 1. The maximum atomic E-state index is 13.4. The van der Waals surface area contributed by atoms with Crippen LogP contribution in [0.15, 0.2) is 42.5 Å². The first kappa shape index (κ1) is 14.0. The number of aliphatic hydroxyl groups excluding tert-OH is 1. The summed E-state index contributed by atoms with van der Waals surface area (Å²) in [4.78, 5) is 9.73. The van der Waals surface area contributed by atoms with E-state index in [1.807, 2.05) is 0 Å². The van der Waals surface area contributed by atoms with Gasteiger partial charge in [-0.2, -0.15) is 4.39 Å². The third-order valence-electron chi connectivity index (χ3n) is 2.75. The Labute approximate surface area is 114 Å². The second kappa shape index (κ2) is 6.12. The van der Waals surface area contributed by atoms with Gasteiger partial charge in [-0.05, 0) is 23.8 Å². The van der Waals surface area contributed by atoms with Gasteiger partial charge in [0.1, 0.15) is 12.4 Å². The molecule has 2 rings (SSSR count). The second-order valence-electron chi connectivity index (χ2n) is 4.10. The lowest BCUT2D eigenvalue weighted by Crippen LogP contribution is -2.00. The summed E-state index contributed by atoms with van der Waals surface area (Å²) < 4.78 is 18.9. The van der Waals surface area contributed by atoms with Crippen LogP contribution in [0.5, 0.6) is 5.75 Å². The van der Waals surface area contributed by atoms with Gasteiger partial charge in [-0.1, -0.05) is 18.2 Å². The Morgan fingerprint density at radius 3 is 2.65 bits per heavy atom. The van der Waals surface area contributed by atoms with E-state index in [0.29, 0.717) is 16.9 Å². The molecule has 20 heavy (non-hydrogen) atoms. The van der Waals surface area contributed by atoms with Gasteiger partial charge in [0.05, 0.1) is 11.5 Å². The minimum absolute atomic E-state index is 0.0614. The largest absolute Gasteiger partial charge is 0.489 e. The maximum absolute atomic E-state index is 13.4. The molecule has 0 aromatic heterocycles. The van der Waals surface area contributed by atoms with Crippen LogP contribution in [0.2, 0.25) is 0 Å². The summed E-state index contributed by atoms with van der Waals surface area (Å²) >= 11 is 0. The summed E-state index contributed by atoms with van der Waals surface area (Å²) in [6, 6.07) is 10.5. The second-order valence-corrected chi connectivity index (χ2v) is 4.10. The molecule has 0 aliphatic heterocycles. The molecule has 0 fully saturated rings. The van der Waals surface area contributed by atoms with Crippen LogP contribution in [-0.2, 0) is 13.2 Å². The molecular formula is C14H12FNO4. The van der Waals surface area contributed by atoms with Crippen molar-refractivity contribution in [3.63, 3.8) is 0 Å². The first-order valence-corrected chi connectivity index (χ1v) is 5.86. The van der Waals surface area contributed by atoms with Crippen molar-refractivity contribution in [1.82, 2.24) is 0 Å². The molecule has 0 saturated heterocycles. The van der Waals surface area contributed by atoms with Crippen molar-refractivity contribution in [1.29, 1.82) is 0 Å². The highest BCUT2D eigenvalue weighted by Gasteiger charge is 2.14. The Bertz CT molecular complexity index is 630. The number of ether oxygens (including phenoxy) is 1. The molecule has 0 saturated carbocycles. The monoisotopic (exact) mass is 277 g/mol. The molecule has 104 valence electrons. The summed E-state index contributed by atoms with van der Waals surface area (Å²) in [5.74, 6) is -0.402. The number of benzene rings is 2. The van der Waals surface area contributed by atoms with Crippen molar-refractivity contribution in [3.8, 4) is 5.75 Å². The number of hydrogen-bond donors (Lipinski definition) is 1. The van der Waals surface area contributed by atoms with E-state index in [1.165, 1.54) is 6.07 Å². The predicted molar refractivity (Wildman–Crippen MR) is 69.8 cm³/mol. The van der Waals surface area contributed by atoms with Gasteiger partial charge >= 0.3 is 5.69 Å². The van der Waals surface area contributed by atoms with E-state index in [9.17, 15) is 14.5 Å². The highest BCUT2D eigenvalue weighted by molar-refractivity contribution is 5.36. The Morgan fingerprint density at radius 1 is 1.25 bits per heavy atom. The average molecular weight is 277 g/mol. The van der Waals surface area contributed by atoms with E-state index in [2.05, 4.69) is 0 Å². The Hall–Kier alpha value is -2.47. The smallest absolute Gasteiger partial charge is 0.304 e. The lowest BCUT2D eigenvalue weighted by molar-refractivity contribution is -0.387. The van der Waals surface area contributed by atoms with Crippen LogP contribution in [0.4, 0.5) is 10.1 Å². The third-order valence-corrected chi connectivity index (χ3v) is 2.75. The van der Waals surface area contributed by atoms with Gasteiger partial charge in [0.15, 0.2) is 0 Å². The molecule has 0 spiro atoms. The molecule has 0 atom stereocenters. The van der Waals surface area contributed by atoms with Gasteiger partial charge < -0.3 is 9.84 Å². The fourth-order valence-electron chi connectivity index (χ4n) is 1.72. The van der Waals surface area contributed by atoms with Crippen LogP contribution in [0, 0.1) is 15.9 Å². The quantitative estimate of drug-likeness (QED) is 0.673. The summed E-state index contributed by atoms with van der Waals surface area (Å²) in [7, 11) is 0. The van der Waals surface area contributed by atoms with E-state index in [1.54, 1.807) is 24.3 Å². The molecule has 2 aromatic carbocycles. The van der Waals surface area contributed by atoms with Gasteiger partial charge in [-0.25, -0.2) is 0 Å². The van der Waals surface area contributed by atoms with Gasteiger partial charge in [-0.15, -0.1) is 0 Å². The van der Waals surface area contributed by atoms with Crippen LogP contribution >= 0.6 is 0 Å². The molecule has 0 unspecified atom stereocenters. The Kier molecular flexibility index (Phi) is 4.27. The fourth-order valence-corrected chi connectivity index (χ4v) is 1.72. The van der Waals surface area contributed by atoms with E-state index in [0.717, 1.165) is 12.1 Å². The lowest BCUT2D eigenvalue weighted by atomic mass is 10.2. The highest BCUT2D eigenvalue weighted by Crippen LogP contribution is 2.21. The zero-order chi connectivity index (χ0) is 14.5. The molecule has 0 radical (unpaired) electrons. The normalized spacial score (nSPS) is 10.3. The maximum Gasteiger partial charge on any atom is 0.304 e. The van der Waals surface area contributed by atoms with E-state index < -0.39 is 16.4 Å². The van der Waals surface area contributed by atoms with Crippen LogP contribution in [0.25, 0.3) is 0 Å². The number of rotatable bonds is 5. The number of halogens is 1. The first-order chi connectivity index (χ1) is 9.61. The minimum atomic E-state index is -0.897. The molecular weight excluding hydrogens is 265 g/mol. The standard InChI is InChI=1S/C14H12FNO4/c15-12-7-10(5-6-13(12)16(18)19)9-20-14-4-2-1-3-11(14)8-17/h1-7,17H,8-9H2. The van der Waals surface area contributed by atoms with Crippen molar-refractivity contribution < 1.29 is 19.2 Å². The topological polar surface area (TPSA) is 72.6 Å². The van der Waals surface area contributed by atoms with Gasteiger partial charge in [0.25, 0.3) is 0 Å². The highest BCUT2D eigenvalue weighted by atomic mass is 19.1. The summed E-state index contributed by atoms with van der Waals surface area (Å²) in [5.41, 5.74) is 0.528. The predicted octanol–water partition coefficient (Wildman–Crippen LogP) is 2.81. The molecule has 5 nitrogen and oxygen atoms in total. The van der Waals surface area contributed by atoms with Crippen molar-refractivity contribution in [2.24, 2.45) is 0 Å². The van der Waals surface area contributed by atoms with Crippen LogP contribution in [0.1, 0.15) is 11.1 Å². The molecule has 0 bridgehead atoms. The van der Waals surface area contributed by atoms with Crippen molar-refractivity contribution >= 4 is 5.69 Å². The van der Waals surface area contributed by atoms with E-state index in [4.69, 9.17) is 9.84 Å². The number of hydrogen-bond acceptors (Lipinski definition) is 4. The fraction of sp³-hybridized carbons (Fsp3) is 0.143. The molecule has 0 heterocycles. The zero-order valence-corrected chi connectivity index (χ0v) is 10.5. The Balaban J connectivity index is 2.11. The van der Waals surface area contributed by atoms with Gasteiger partial charge in [0.2, 0.25) is 5.82 Å². The molecule has 0 aliphatic rings. The number of nitrogens with zero attached hydrogens (tertiary/aromatic N) is 1. The Morgan fingerprint density at radius 2 is 2.00 bits per heavy atom. The van der Waals surface area contributed by atoms with Crippen molar-refractivity contribution in [2.45, 2.75) is 13.2 Å². The SMILES string of the molecule is O=[N+]([O-])c1ccc(COc2ccccc2CO)cc1F. The number of para-hydroxylation sites is 1. The van der Waals surface area contributed by atoms with E-state index >= 15 is 0 Å². The van der Waals surface area contributed by atoms with Gasteiger partial charge in [-0.3, -0.25) is 10.1 Å². The zero-order valence-electron chi connectivity index (χ0n) is 10.5. The molecule has 6 heteroatoms. The summed E-state index contributed by atoms with van der Waals surface area (Å²) in [5, 5.41) is 19.6. The molecule has 2 aromatic rings. The molecule has 0 amide bonds. The number of aliphatic hydroxyl groups is 1. The average Bonchev–Trinajstić information content (AvgIpc) is 2.45. The van der Waals surface area contributed by atoms with Crippen molar-refractivity contribution in [2.75, 3.05) is 0 Å². The molecule has 1 N–H and O–H groups in total. The number of nitro groups is 1. The van der Waals surface area contributed by atoms with Crippen molar-refractivity contribution in [3.05, 3.63) is 69.5 Å². The van der Waals surface area contributed by atoms with Crippen LogP contribution in [0.3, 0.4) is 0 Å². The minimum Gasteiger partial charge on any atom is -0.489 e. The van der Waals surface area contributed by atoms with E-state index in [-0.39, 0.29) is 13.2 Å². The lowest BCUT2D eigenvalue weighted by Gasteiger charge is -2.09. The third kappa shape index (κ3) is 3.10. The van der Waals surface area contributed by atoms with Crippen LogP contribution in [-0.4, -0.2) is 10.0 Å². The van der Waals surface area contributed by atoms with Crippen LogP contribution < -0.4 is 4.74 Å². The van der Waals surface area contributed by atoms with Gasteiger partial charge in [0, 0.05) is 11.6 Å². The summed E-state index contributed by atoms with van der Waals surface area (Å²) in [6.45, 7) is -0.100.